The minimum Gasteiger partial charge on any atom is -0.480 e. The van der Waals surface area contributed by atoms with E-state index in [2.05, 4.69) is 0 Å². The number of hydrogen-bond acceptors (Lipinski definition) is 2. The number of anilines is 1. The zero-order chi connectivity index (χ0) is 12.1. The predicted molar refractivity (Wildman–Crippen MR) is 66.2 cm³/mol. The molecule has 0 amide bonds. The second kappa shape index (κ2) is 5.75. The third-order valence-corrected chi connectivity index (χ3v) is 2.80. The van der Waals surface area contributed by atoms with Crippen molar-refractivity contribution < 1.29 is 9.90 Å². The van der Waals surface area contributed by atoms with Crippen LogP contribution in [0.15, 0.2) is 24.3 Å². The van der Waals surface area contributed by atoms with Crippen molar-refractivity contribution >= 4 is 23.3 Å². The van der Waals surface area contributed by atoms with Crippen LogP contribution in [0.25, 0.3) is 0 Å². The van der Waals surface area contributed by atoms with Gasteiger partial charge >= 0.3 is 5.97 Å². The summed E-state index contributed by atoms with van der Waals surface area (Å²) in [6.45, 7) is 4.48. The van der Waals surface area contributed by atoms with Gasteiger partial charge < -0.3 is 10.0 Å². The molecule has 1 rings (SSSR count). The maximum Gasteiger partial charge on any atom is 0.326 e. The van der Waals surface area contributed by atoms with E-state index in [1.807, 2.05) is 30.9 Å². The highest BCUT2D eigenvalue weighted by molar-refractivity contribution is 6.30. The Labute approximate surface area is 101 Å². The molecule has 16 heavy (non-hydrogen) atoms. The van der Waals surface area contributed by atoms with Crippen LogP contribution in [0.5, 0.6) is 0 Å². The molecule has 0 aliphatic heterocycles. The van der Waals surface area contributed by atoms with Crippen molar-refractivity contribution in [2.75, 3.05) is 11.4 Å². The lowest BCUT2D eigenvalue weighted by molar-refractivity contribution is -0.138. The lowest BCUT2D eigenvalue weighted by Gasteiger charge is -2.29. The summed E-state index contributed by atoms with van der Waals surface area (Å²) >= 11 is 5.80. The zero-order valence-electron chi connectivity index (χ0n) is 9.48. The Balaban J connectivity index is 2.96. The van der Waals surface area contributed by atoms with Crippen LogP contribution >= 0.6 is 11.6 Å². The van der Waals surface area contributed by atoms with Crippen LogP contribution in [0.1, 0.15) is 20.3 Å². The lowest BCUT2D eigenvalue weighted by Crippen LogP contribution is -2.40. The number of carboxylic acid groups (broad SMARTS) is 1. The molecule has 1 unspecified atom stereocenters. The molecule has 0 bridgehead atoms. The molecular weight excluding hydrogens is 226 g/mol. The normalized spacial score (nSPS) is 12.2. The number of carbonyl (C=O) groups is 1. The summed E-state index contributed by atoms with van der Waals surface area (Å²) in [4.78, 5) is 13.0. The number of nitrogens with zero attached hydrogens (tertiary/aromatic N) is 1. The van der Waals surface area contributed by atoms with Crippen LogP contribution in [-0.4, -0.2) is 23.7 Å². The number of carboxylic acids is 1. The summed E-state index contributed by atoms with van der Waals surface area (Å²) in [5.74, 6) is -0.792. The van der Waals surface area contributed by atoms with E-state index in [0.29, 0.717) is 18.0 Å². The quantitative estimate of drug-likeness (QED) is 0.862. The molecule has 0 fully saturated rings. The summed E-state index contributed by atoms with van der Waals surface area (Å²) in [6, 6.07) is 6.75. The van der Waals surface area contributed by atoms with Crippen molar-refractivity contribution in [3.63, 3.8) is 0 Å². The van der Waals surface area contributed by atoms with Gasteiger partial charge in [-0.25, -0.2) is 4.79 Å². The molecule has 0 aliphatic carbocycles. The number of benzene rings is 1. The molecule has 0 saturated heterocycles. The average Bonchev–Trinajstić information content (AvgIpc) is 2.26. The lowest BCUT2D eigenvalue weighted by atomic mass is 10.1. The Morgan fingerprint density at radius 3 is 2.31 bits per heavy atom. The van der Waals surface area contributed by atoms with Gasteiger partial charge in [-0.2, -0.15) is 0 Å². The molecule has 4 heteroatoms. The minimum absolute atomic E-state index is 0.480. The molecular formula is C12H16ClNO2. The highest BCUT2D eigenvalue weighted by Crippen LogP contribution is 2.21. The van der Waals surface area contributed by atoms with E-state index in [0.717, 1.165) is 5.69 Å². The molecule has 0 heterocycles. The Morgan fingerprint density at radius 1 is 1.38 bits per heavy atom. The minimum atomic E-state index is -0.792. The summed E-state index contributed by atoms with van der Waals surface area (Å²) in [6.07, 6.45) is 0.575. The van der Waals surface area contributed by atoms with Crippen LogP contribution in [0, 0.1) is 0 Å². The van der Waals surface area contributed by atoms with Crippen LogP contribution in [-0.2, 0) is 4.79 Å². The van der Waals surface area contributed by atoms with Gasteiger partial charge in [0.1, 0.15) is 6.04 Å². The van der Waals surface area contributed by atoms with Gasteiger partial charge in [0.05, 0.1) is 0 Å². The van der Waals surface area contributed by atoms with Gasteiger partial charge in [0, 0.05) is 17.3 Å². The summed E-state index contributed by atoms with van der Waals surface area (Å²) in [5.41, 5.74) is 0.890. The fraction of sp³-hybridized carbons (Fsp3) is 0.417. The van der Waals surface area contributed by atoms with Crippen LogP contribution in [0.3, 0.4) is 0 Å². The van der Waals surface area contributed by atoms with Crippen molar-refractivity contribution in [3.05, 3.63) is 29.3 Å². The smallest absolute Gasteiger partial charge is 0.326 e. The van der Waals surface area contributed by atoms with E-state index in [-0.39, 0.29) is 0 Å². The molecule has 1 atom stereocenters. The largest absolute Gasteiger partial charge is 0.480 e. The Kier molecular flexibility index (Phi) is 4.62. The van der Waals surface area contributed by atoms with E-state index in [1.54, 1.807) is 12.1 Å². The van der Waals surface area contributed by atoms with Crippen molar-refractivity contribution in [2.24, 2.45) is 0 Å². The summed E-state index contributed by atoms with van der Waals surface area (Å²) < 4.78 is 0. The number of likely N-dealkylation sites (N-methyl/N-ethyl adjacent to an activating group) is 1. The van der Waals surface area contributed by atoms with Crippen LogP contribution in [0.2, 0.25) is 5.02 Å². The first-order valence-corrected chi connectivity index (χ1v) is 5.73. The molecule has 0 radical (unpaired) electrons. The molecule has 1 N–H and O–H groups in total. The molecule has 3 nitrogen and oxygen atoms in total. The van der Waals surface area contributed by atoms with Crippen molar-refractivity contribution in [1.29, 1.82) is 0 Å². The molecule has 1 aromatic carbocycles. The van der Waals surface area contributed by atoms with E-state index in [1.165, 1.54) is 0 Å². The SMILES string of the molecule is CCC(C(=O)O)N(CC)c1ccc(Cl)cc1. The first-order valence-electron chi connectivity index (χ1n) is 5.35. The maximum absolute atomic E-state index is 11.1. The predicted octanol–water partition coefficient (Wildman–Crippen LogP) is 3.03. The first kappa shape index (κ1) is 12.8. The molecule has 0 aliphatic rings. The molecule has 0 spiro atoms. The number of hydrogen-bond donors (Lipinski definition) is 1. The van der Waals surface area contributed by atoms with Gasteiger partial charge in [-0.1, -0.05) is 18.5 Å². The van der Waals surface area contributed by atoms with Crippen molar-refractivity contribution in [3.8, 4) is 0 Å². The Bertz CT molecular complexity index is 351. The third-order valence-electron chi connectivity index (χ3n) is 2.55. The van der Waals surface area contributed by atoms with Gasteiger partial charge in [0.25, 0.3) is 0 Å². The number of halogens is 1. The van der Waals surface area contributed by atoms with E-state index in [9.17, 15) is 4.79 Å². The maximum atomic E-state index is 11.1. The molecule has 88 valence electrons. The zero-order valence-corrected chi connectivity index (χ0v) is 10.2. The van der Waals surface area contributed by atoms with Gasteiger partial charge in [0.2, 0.25) is 0 Å². The van der Waals surface area contributed by atoms with Crippen molar-refractivity contribution in [2.45, 2.75) is 26.3 Å². The topological polar surface area (TPSA) is 40.5 Å². The fourth-order valence-corrected chi connectivity index (χ4v) is 1.87. The highest BCUT2D eigenvalue weighted by Gasteiger charge is 2.22. The summed E-state index contributed by atoms with van der Waals surface area (Å²) in [5, 5.41) is 9.78. The van der Waals surface area contributed by atoms with Gasteiger partial charge in [-0.15, -0.1) is 0 Å². The van der Waals surface area contributed by atoms with E-state index >= 15 is 0 Å². The van der Waals surface area contributed by atoms with Gasteiger partial charge in [-0.05, 0) is 37.6 Å². The fourth-order valence-electron chi connectivity index (χ4n) is 1.74. The van der Waals surface area contributed by atoms with Gasteiger partial charge in [0.15, 0.2) is 0 Å². The monoisotopic (exact) mass is 241 g/mol. The highest BCUT2D eigenvalue weighted by atomic mass is 35.5. The number of aliphatic carboxylic acids is 1. The summed E-state index contributed by atoms with van der Waals surface area (Å²) in [7, 11) is 0. The van der Waals surface area contributed by atoms with Crippen molar-refractivity contribution in [1.82, 2.24) is 0 Å². The standard InChI is InChI=1S/C12H16ClNO2/c1-3-11(12(15)16)14(4-2)10-7-5-9(13)6-8-10/h5-8,11H,3-4H2,1-2H3,(H,15,16). The van der Waals surface area contributed by atoms with E-state index in [4.69, 9.17) is 16.7 Å². The Morgan fingerprint density at radius 2 is 1.94 bits per heavy atom. The Hall–Kier alpha value is -1.22. The second-order valence-corrected chi connectivity index (χ2v) is 3.96. The third kappa shape index (κ3) is 2.89. The molecule has 0 saturated carbocycles. The van der Waals surface area contributed by atoms with Crippen LogP contribution < -0.4 is 4.90 Å². The van der Waals surface area contributed by atoms with E-state index < -0.39 is 12.0 Å². The van der Waals surface area contributed by atoms with Crippen LogP contribution in [0.4, 0.5) is 5.69 Å². The molecule has 0 aromatic heterocycles. The first-order chi connectivity index (χ1) is 7.60. The average molecular weight is 242 g/mol. The molecule has 1 aromatic rings. The second-order valence-electron chi connectivity index (χ2n) is 3.52. The number of rotatable bonds is 5. The van der Waals surface area contributed by atoms with Gasteiger partial charge in [-0.3, -0.25) is 0 Å².